The van der Waals surface area contributed by atoms with Crippen LogP contribution in [0, 0.1) is 0 Å². The molecule has 0 saturated heterocycles. The number of amides is 1. The van der Waals surface area contributed by atoms with E-state index >= 15 is 0 Å². The number of hydrogen-bond acceptors (Lipinski definition) is 8. The van der Waals surface area contributed by atoms with Crippen molar-refractivity contribution in [3.63, 3.8) is 0 Å². The number of anilines is 2. The van der Waals surface area contributed by atoms with E-state index in [9.17, 15) is 4.79 Å². The van der Waals surface area contributed by atoms with Crippen LogP contribution in [0.5, 0.6) is 0 Å². The van der Waals surface area contributed by atoms with Gasteiger partial charge in [0.1, 0.15) is 0 Å². The van der Waals surface area contributed by atoms with Gasteiger partial charge in [0.15, 0.2) is 0 Å². The maximum atomic E-state index is 10.3. The highest BCUT2D eigenvalue weighted by Gasteiger charge is 2.19. The van der Waals surface area contributed by atoms with E-state index in [0.717, 1.165) is 0 Å². The Morgan fingerprint density at radius 1 is 1.40 bits per heavy atom. The van der Waals surface area contributed by atoms with Crippen LogP contribution >= 0.6 is 0 Å². The number of nitrogens with one attached hydrogen (secondary N) is 1. The SMILES string of the molecule is Nc1nnc(-c2nonc2NC(=O)O)o1. The van der Waals surface area contributed by atoms with Crippen LogP contribution in [0.4, 0.5) is 16.6 Å². The molecule has 15 heavy (non-hydrogen) atoms. The maximum absolute atomic E-state index is 10.3. The number of nitrogen functional groups attached to an aromatic ring is 1. The zero-order valence-corrected chi connectivity index (χ0v) is 7.04. The average Bonchev–Trinajstić information content (AvgIpc) is 2.72. The fourth-order valence-corrected chi connectivity index (χ4v) is 0.842. The van der Waals surface area contributed by atoms with Gasteiger partial charge in [0.2, 0.25) is 11.5 Å². The molecule has 0 aliphatic rings. The molecule has 2 heterocycles. The molecule has 0 atom stereocenters. The molecule has 2 rings (SSSR count). The summed E-state index contributed by atoms with van der Waals surface area (Å²) in [6.45, 7) is 0. The number of nitrogens with two attached hydrogens (primary N) is 1. The smallest absolute Gasteiger partial charge is 0.410 e. The quantitative estimate of drug-likeness (QED) is 0.613. The van der Waals surface area contributed by atoms with Gasteiger partial charge in [-0.25, -0.2) is 9.42 Å². The van der Waals surface area contributed by atoms with Crippen molar-refractivity contribution in [1.82, 2.24) is 20.5 Å². The summed E-state index contributed by atoms with van der Waals surface area (Å²) in [4.78, 5) is 10.3. The average molecular weight is 212 g/mol. The summed E-state index contributed by atoms with van der Waals surface area (Å²) in [6.07, 6.45) is -1.32. The fraction of sp³-hybridized carbons (Fsp3) is 0. The van der Waals surface area contributed by atoms with Crippen LogP contribution in [-0.4, -0.2) is 31.7 Å². The summed E-state index contributed by atoms with van der Waals surface area (Å²) >= 11 is 0. The lowest BCUT2D eigenvalue weighted by Crippen LogP contribution is -2.08. The number of hydrogen-bond donors (Lipinski definition) is 3. The Bertz CT molecular complexity index is 489. The van der Waals surface area contributed by atoms with Gasteiger partial charge < -0.3 is 15.3 Å². The summed E-state index contributed by atoms with van der Waals surface area (Å²) in [7, 11) is 0. The fourth-order valence-electron chi connectivity index (χ4n) is 0.842. The number of rotatable bonds is 2. The number of carbonyl (C=O) groups is 1. The molecular formula is C5H4N6O4. The van der Waals surface area contributed by atoms with E-state index in [0.29, 0.717) is 0 Å². The highest BCUT2D eigenvalue weighted by molar-refractivity contribution is 5.85. The zero-order valence-electron chi connectivity index (χ0n) is 7.04. The molecule has 2 aromatic rings. The summed E-state index contributed by atoms with van der Waals surface area (Å²) in [5, 5.41) is 23.9. The van der Waals surface area contributed by atoms with Crippen LogP contribution in [0.1, 0.15) is 0 Å². The minimum Gasteiger partial charge on any atom is -0.465 e. The third kappa shape index (κ3) is 1.67. The van der Waals surface area contributed by atoms with Gasteiger partial charge in [-0.15, -0.1) is 5.10 Å². The summed E-state index contributed by atoms with van der Waals surface area (Å²) in [5.41, 5.74) is 5.15. The molecule has 10 heteroatoms. The molecule has 0 saturated carbocycles. The van der Waals surface area contributed by atoms with Crippen molar-refractivity contribution in [2.75, 3.05) is 11.1 Å². The van der Waals surface area contributed by atoms with Gasteiger partial charge in [-0.3, -0.25) is 5.32 Å². The van der Waals surface area contributed by atoms with E-state index in [4.69, 9.17) is 15.3 Å². The molecule has 2 aromatic heterocycles. The third-order valence-electron chi connectivity index (χ3n) is 1.36. The molecular weight excluding hydrogens is 208 g/mol. The van der Waals surface area contributed by atoms with Crippen molar-refractivity contribution >= 4 is 17.9 Å². The first-order valence-corrected chi connectivity index (χ1v) is 3.58. The zero-order chi connectivity index (χ0) is 10.8. The van der Waals surface area contributed by atoms with Crippen LogP contribution in [0.25, 0.3) is 11.6 Å². The van der Waals surface area contributed by atoms with Crippen LogP contribution in [0.15, 0.2) is 9.05 Å². The molecule has 0 bridgehead atoms. The Morgan fingerprint density at radius 2 is 2.20 bits per heavy atom. The second kappa shape index (κ2) is 3.25. The molecule has 0 aliphatic heterocycles. The Labute approximate surface area is 81.0 Å². The highest BCUT2D eigenvalue weighted by Crippen LogP contribution is 2.23. The molecule has 0 fully saturated rings. The lowest BCUT2D eigenvalue weighted by atomic mass is 10.4. The minimum absolute atomic E-state index is 0.0263. The molecule has 10 nitrogen and oxygen atoms in total. The normalized spacial score (nSPS) is 10.1. The van der Waals surface area contributed by atoms with Crippen molar-refractivity contribution in [2.24, 2.45) is 0 Å². The summed E-state index contributed by atoms with van der Waals surface area (Å²) in [5.74, 6) is -0.233. The topological polar surface area (TPSA) is 153 Å². The first-order valence-electron chi connectivity index (χ1n) is 3.58. The largest absolute Gasteiger partial charge is 0.465 e. The van der Waals surface area contributed by atoms with Crippen molar-refractivity contribution in [1.29, 1.82) is 0 Å². The highest BCUT2D eigenvalue weighted by atomic mass is 16.6. The lowest BCUT2D eigenvalue weighted by Gasteiger charge is -1.92. The van der Waals surface area contributed by atoms with E-state index in [1.807, 2.05) is 5.32 Å². The Hall–Kier alpha value is -2.65. The van der Waals surface area contributed by atoms with Crippen LogP contribution < -0.4 is 11.1 Å². The summed E-state index contributed by atoms with van der Waals surface area (Å²) < 4.78 is 9.13. The van der Waals surface area contributed by atoms with Crippen LogP contribution in [0.3, 0.4) is 0 Å². The Kier molecular flexibility index (Phi) is 1.93. The van der Waals surface area contributed by atoms with E-state index < -0.39 is 6.09 Å². The Morgan fingerprint density at radius 3 is 2.80 bits per heavy atom. The van der Waals surface area contributed by atoms with Gasteiger partial charge in [0.05, 0.1) is 0 Å². The predicted molar refractivity (Wildman–Crippen MR) is 43.6 cm³/mol. The molecule has 78 valence electrons. The van der Waals surface area contributed by atoms with Crippen molar-refractivity contribution in [3.8, 4) is 11.6 Å². The number of aromatic nitrogens is 4. The second-order valence-corrected chi connectivity index (χ2v) is 2.34. The van der Waals surface area contributed by atoms with Gasteiger partial charge in [-0.05, 0) is 10.3 Å². The van der Waals surface area contributed by atoms with E-state index in [1.165, 1.54) is 0 Å². The molecule has 0 spiro atoms. The maximum Gasteiger partial charge on any atom is 0.410 e. The summed E-state index contributed by atoms with van der Waals surface area (Å²) in [6, 6.07) is -0.172. The Balaban J connectivity index is 2.36. The van der Waals surface area contributed by atoms with E-state index in [-0.39, 0.29) is 23.4 Å². The van der Waals surface area contributed by atoms with Crippen molar-refractivity contribution in [2.45, 2.75) is 0 Å². The minimum atomic E-state index is -1.32. The van der Waals surface area contributed by atoms with Gasteiger partial charge >= 0.3 is 12.1 Å². The number of carboxylic acid groups (broad SMARTS) is 1. The van der Waals surface area contributed by atoms with Gasteiger partial charge in [0, 0.05) is 0 Å². The molecule has 1 amide bonds. The van der Waals surface area contributed by atoms with Crippen molar-refractivity contribution in [3.05, 3.63) is 0 Å². The molecule has 0 unspecified atom stereocenters. The third-order valence-corrected chi connectivity index (χ3v) is 1.36. The standard InChI is InChI=1S/C5H4N6O4/c6-4-9-8-3(14-4)1-2(7-5(12)13)11-15-10-1/h(H2,6,9)(H,7,11)(H,12,13). The molecule has 0 radical (unpaired) electrons. The molecule has 0 aromatic carbocycles. The van der Waals surface area contributed by atoms with E-state index in [2.05, 4.69) is 25.1 Å². The van der Waals surface area contributed by atoms with Crippen LogP contribution in [0.2, 0.25) is 0 Å². The predicted octanol–water partition coefficient (Wildman–Crippen LogP) is -0.208. The molecule has 4 N–H and O–H groups in total. The molecule has 0 aliphatic carbocycles. The van der Waals surface area contributed by atoms with Crippen molar-refractivity contribution < 1.29 is 18.9 Å². The first kappa shape index (κ1) is 8.93. The number of nitrogens with zero attached hydrogens (tertiary/aromatic N) is 4. The monoisotopic (exact) mass is 212 g/mol. The van der Waals surface area contributed by atoms with Gasteiger partial charge in [0.25, 0.3) is 5.89 Å². The van der Waals surface area contributed by atoms with Crippen LogP contribution in [-0.2, 0) is 0 Å². The van der Waals surface area contributed by atoms with Gasteiger partial charge in [-0.1, -0.05) is 5.10 Å². The van der Waals surface area contributed by atoms with Gasteiger partial charge in [-0.2, -0.15) is 0 Å². The van der Waals surface area contributed by atoms with E-state index in [1.54, 1.807) is 0 Å². The first-order chi connectivity index (χ1) is 7.16. The second-order valence-electron chi connectivity index (χ2n) is 2.34. The lowest BCUT2D eigenvalue weighted by molar-refractivity contribution is 0.209.